The summed E-state index contributed by atoms with van der Waals surface area (Å²) < 4.78 is 27.4. The van der Waals surface area contributed by atoms with Crippen molar-refractivity contribution < 1.29 is 59.1 Å². The van der Waals surface area contributed by atoms with Gasteiger partial charge in [0.2, 0.25) is 6.29 Å². The Morgan fingerprint density at radius 3 is 2.65 bits per heavy atom. The van der Waals surface area contributed by atoms with Crippen LogP contribution < -0.4 is 4.74 Å². The second kappa shape index (κ2) is 11.0. The van der Waals surface area contributed by atoms with Crippen molar-refractivity contribution in [2.24, 2.45) is 11.8 Å². The average molecular weight is 525 g/mol. The van der Waals surface area contributed by atoms with Crippen LogP contribution in [0.5, 0.6) is 11.5 Å². The maximum absolute atomic E-state index is 12.6. The van der Waals surface area contributed by atoms with Crippen LogP contribution in [0.3, 0.4) is 0 Å². The van der Waals surface area contributed by atoms with Crippen molar-refractivity contribution in [3.05, 3.63) is 42.2 Å². The molecule has 12 nitrogen and oxygen atoms in total. The molecule has 12 heteroatoms. The number of phenolic OH excluding ortho intramolecular Hbond substituents is 1. The summed E-state index contributed by atoms with van der Waals surface area (Å²) in [5, 5.41) is 60.6. The van der Waals surface area contributed by atoms with Gasteiger partial charge in [-0.3, -0.25) is 0 Å². The predicted octanol–water partition coefficient (Wildman–Crippen LogP) is -0.601. The van der Waals surface area contributed by atoms with Gasteiger partial charge in [0.15, 0.2) is 17.8 Å². The minimum atomic E-state index is -1.64. The number of esters is 1. The van der Waals surface area contributed by atoms with Crippen LogP contribution in [0.2, 0.25) is 0 Å². The third-order valence-corrected chi connectivity index (χ3v) is 6.98. The van der Waals surface area contributed by atoms with Crippen LogP contribution >= 0.6 is 0 Å². The highest BCUT2D eigenvalue weighted by molar-refractivity contribution is 5.87. The van der Waals surface area contributed by atoms with E-state index in [-0.39, 0.29) is 17.9 Å². The van der Waals surface area contributed by atoms with Crippen LogP contribution in [-0.4, -0.2) is 99.0 Å². The molecule has 6 N–H and O–H groups in total. The van der Waals surface area contributed by atoms with Crippen LogP contribution in [0.25, 0.3) is 6.08 Å². The molecule has 2 aliphatic heterocycles. The highest BCUT2D eigenvalue weighted by Gasteiger charge is 2.57. The Kier molecular flexibility index (Phi) is 8.09. The number of hydrogen-bond donors (Lipinski definition) is 6. The van der Waals surface area contributed by atoms with Crippen LogP contribution in [0.1, 0.15) is 18.9 Å². The van der Waals surface area contributed by atoms with Gasteiger partial charge in [-0.2, -0.15) is 0 Å². The van der Waals surface area contributed by atoms with E-state index in [0.29, 0.717) is 5.56 Å². The van der Waals surface area contributed by atoms with Crippen molar-refractivity contribution in [1.82, 2.24) is 0 Å². The molecule has 1 aromatic carbocycles. The number of aromatic hydroxyl groups is 1. The molecule has 0 radical (unpaired) electrons. The van der Waals surface area contributed by atoms with E-state index in [0.717, 1.165) is 0 Å². The molecule has 2 fully saturated rings. The summed E-state index contributed by atoms with van der Waals surface area (Å²) in [6.07, 6.45) is -3.58. The Labute approximate surface area is 212 Å². The molecular weight excluding hydrogens is 492 g/mol. The molecule has 1 saturated heterocycles. The molecule has 1 aromatic rings. The molecule has 0 unspecified atom stereocenters. The number of benzene rings is 1. The highest BCUT2D eigenvalue weighted by Crippen LogP contribution is 2.48. The van der Waals surface area contributed by atoms with Gasteiger partial charge >= 0.3 is 5.97 Å². The lowest BCUT2D eigenvalue weighted by molar-refractivity contribution is -0.346. The zero-order valence-corrected chi connectivity index (χ0v) is 20.3. The zero-order valence-electron chi connectivity index (χ0n) is 20.3. The minimum absolute atomic E-state index is 0.0340. The van der Waals surface area contributed by atoms with Gasteiger partial charge in [-0.1, -0.05) is 6.07 Å². The summed E-state index contributed by atoms with van der Waals surface area (Å²) in [4.78, 5) is 12.6. The van der Waals surface area contributed by atoms with Gasteiger partial charge in [0, 0.05) is 18.4 Å². The first-order chi connectivity index (χ1) is 17.6. The summed E-state index contributed by atoms with van der Waals surface area (Å²) in [6.45, 7) is 0.922. The standard InChI is InChI=1S/C25H32O12/c1-25(32)10-16(35-18(28)6-4-12-3-5-14(27)15(9-12)33-2)13-7-8-34-23(19(13)25)37-24-22(31)21(30)20(29)17(11-26)36-24/h3-9,13,16-17,19-24,26-27,29-32H,10-11H2,1-2H3/b6-4+/t13-,16-,17-,19-,20-,21+,22-,23+,24+,25+/m1/s1. The number of methoxy groups -OCH3 is 1. The van der Waals surface area contributed by atoms with Crippen LogP contribution in [-0.2, 0) is 23.7 Å². The summed E-state index contributed by atoms with van der Waals surface area (Å²) in [7, 11) is 1.41. The first kappa shape index (κ1) is 27.3. The Bertz CT molecular complexity index is 1020. The molecule has 1 aliphatic carbocycles. The summed E-state index contributed by atoms with van der Waals surface area (Å²) in [5.41, 5.74) is -0.811. The molecule has 0 aromatic heterocycles. The van der Waals surface area contributed by atoms with Crippen molar-refractivity contribution >= 4 is 12.0 Å². The third-order valence-electron chi connectivity index (χ3n) is 6.98. The van der Waals surface area contributed by atoms with Crippen LogP contribution in [0, 0.1) is 11.8 Å². The fraction of sp³-hybridized carbons (Fsp3) is 0.560. The lowest BCUT2D eigenvalue weighted by Gasteiger charge is -2.43. The van der Waals surface area contributed by atoms with Crippen molar-refractivity contribution in [3.63, 3.8) is 0 Å². The van der Waals surface area contributed by atoms with Crippen molar-refractivity contribution in [1.29, 1.82) is 0 Å². The highest BCUT2D eigenvalue weighted by atomic mass is 16.8. The maximum atomic E-state index is 12.6. The molecule has 4 rings (SSSR count). The van der Waals surface area contributed by atoms with Gasteiger partial charge in [-0.15, -0.1) is 0 Å². The second-order valence-corrected chi connectivity index (χ2v) is 9.57. The topological polar surface area (TPSA) is 185 Å². The average Bonchev–Trinajstić information content (AvgIpc) is 3.13. The Morgan fingerprint density at radius 1 is 1.19 bits per heavy atom. The maximum Gasteiger partial charge on any atom is 0.331 e. The molecule has 2 heterocycles. The number of phenols is 1. The zero-order chi connectivity index (χ0) is 26.9. The number of aliphatic hydroxyl groups is 5. The fourth-order valence-electron chi connectivity index (χ4n) is 5.04. The van der Waals surface area contributed by atoms with E-state index in [1.54, 1.807) is 25.1 Å². The fourth-order valence-corrected chi connectivity index (χ4v) is 5.04. The number of rotatable bonds is 7. The van der Waals surface area contributed by atoms with Crippen molar-refractivity contribution in [2.75, 3.05) is 13.7 Å². The predicted molar refractivity (Wildman–Crippen MR) is 125 cm³/mol. The number of ether oxygens (including phenoxy) is 5. The summed E-state index contributed by atoms with van der Waals surface area (Å²) in [5.74, 6) is -1.69. The van der Waals surface area contributed by atoms with E-state index in [9.17, 15) is 35.4 Å². The van der Waals surface area contributed by atoms with E-state index >= 15 is 0 Å². The smallest absolute Gasteiger partial charge is 0.331 e. The van der Waals surface area contributed by atoms with Gasteiger partial charge in [0.25, 0.3) is 0 Å². The van der Waals surface area contributed by atoms with E-state index < -0.39 is 73.1 Å². The molecule has 10 atom stereocenters. The summed E-state index contributed by atoms with van der Waals surface area (Å²) >= 11 is 0. The minimum Gasteiger partial charge on any atom is -0.504 e. The normalized spacial score (nSPS) is 39.3. The van der Waals surface area contributed by atoms with E-state index in [2.05, 4.69) is 0 Å². The number of hydrogen-bond acceptors (Lipinski definition) is 12. The van der Waals surface area contributed by atoms with Crippen LogP contribution in [0.15, 0.2) is 36.6 Å². The number of aliphatic hydroxyl groups excluding tert-OH is 4. The molecule has 0 spiro atoms. The molecule has 0 amide bonds. The van der Waals surface area contributed by atoms with Gasteiger partial charge in [-0.25, -0.2) is 4.79 Å². The molecule has 204 valence electrons. The Hall–Kier alpha value is -2.71. The third kappa shape index (κ3) is 5.60. The van der Waals surface area contributed by atoms with Crippen LogP contribution in [0.4, 0.5) is 0 Å². The first-order valence-corrected chi connectivity index (χ1v) is 11.8. The van der Waals surface area contributed by atoms with Gasteiger partial charge in [-0.05, 0) is 36.8 Å². The van der Waals surface area contributed by atoms with Gasteiger partial charge in [0.05, 0.1) is 31.5 Å². The number of carbonyl (C=O) groups excluding carboxylic acids is 1. The van der Waals surface area contributed by atoms with E-state index in [1.165, 1.54) is 31.6 Å². The molecule has 3 aliphatic rings. The second-order valence-electron chi connectivity index (χ2n) is 9.57. The monoisotopic (exact) mass is 524 g/mol. The van der Waals surface area contributed by atoms with E-state index in [1.807, 2.05) is 0 Å². The first-order valence-electron chi connectivity index (χ1n) is 11.8. The lowest BCUT2D eigenvalue weighted by atomic mass is 9.85. The Morgan fingerprint density at radius 2 is 1.95 bits per heavy atom. The molecule has 1 saturated carbocycles. The van der Waals surface area contributed by atoms with Gasteiger partial charge < -0.3 is 54.3 Å². The SMILES string of the molecule is COc1cc(/C=C/C(=O)O[C@@H]2C[C@](C)(O)[C@H]3[C@H](O[C@@H]4O[C@H](CO)[C@@H](O)[C@H](O)[C@H]4O)OC=C[C@@H]32)ccc1O. The summed E-state index contributed by atoms with van der Waals surface area (Å²) in [6, 6.07) is 4.59. The Balaban J connectivity index is 1.44. The van der Waals surface area contributed by atoms with E-state index in [4.69, 9.17) is 23.7 Å². The van der Waals surface area contributed by atoms with Gasteiger partial charge in [0.1, 0.15) is 30.5 Å². The molecule has 0 bridgehead atoms. The molecule has 37 heavy (non-hydrogen) atoms. The molecular formula is C25H32O12. The number of fused-ring (bicyclic) bond motifs is 1. The van der Waals surface area contributed by atoms with Crippen molar-refractivity contribution in [2.45, 2.75) is 62.0 Å². The lowest BCUT2D eigenvalue weighted by Crippen LogP contribution is -2.60. The number of carbonyl (C=O) groups is 1. The quantitative estimate of drug-likeness (QED) is 0.197. The van der Waals surface area contributed by atoms with Crippen molar-refractivity contribution in [3.8, 4) is 11.5 Å². The largest absolute Gasteiger partial charge is 0.504 e.